The first-order valence-corrected chi connectivity index (χ1v) is 19.5. The third-order valence-electron chi connectivity index (χ3n) is 11.6. The van der Waals surface area contributed by atoms with Gasteiger partial charge in [-0.3, -0.25) is 0 Å². The summed E-state index contributed by atoms with van der Waals surface area (Å²) < 4.78 is 11.6. The zero-order valence-electron chi connectivity index (χ0n) is 30.8. The highest BCUT2D eigenvalue weighted by Crippen LogP contribution is 2.48. The second-order valence-corrected chi connectivity index (χ2v) is 14.9. The molecule has 2 atom stereocenters. The van der Waals surface area contributed by atoms with E-state index in [1.165, 1.54) is 43.6 Å². The number of aromatic nitrogens is 4. The summed E-state index contributed by atoms with van der Waals surface area (Å²) in [6.45, 7) is 0. The van der Waals surface area contributed by atoms with Crippen molar-refractivity contribution >= 4 is 49.2 Å². The van der Waals surface area contributed by atoms with Crippen LogP contribution in [0.1, 0.15) is 17.2 Å². The van der Waals surface area contributed by atoms with Crippen LogP contribution in [0.15, 0.2) is 194 Å². The summed E-state index contributed by atoms with van der Waals surface area (Å²) in [5.74, 6) is 1.36. The molecule has 0 saturated heterocycles. The van der Waals surface area contributed by atoms with Crippen LogP contribution in [0.3, 0.4) is 0 Å². The van der Waals surface area contributed by atoms with Gasteiger partial charge in [0, 0.05) is 44.0 Å². The molecule has 1 aliphatic carbocycles. The number of benzene rings is 7. The number of ether oxygens (including phenoxy) is 1. The van der Waals surface area contributed by atoms with Gasteiger partial charge in [-0.2, -0.15) is 0 Å². The molecule has 268 valence electrons. The predicted octanol–water partition coefficient (Wildman–Crippen LogP) is 12.5. The Morgan fingerprint density at radius 2 is 0.930 bits per heavy atom. The number of hydrogen-bond donors (Lipinski definition) is 0. The van der Waals surface area contributed by atoms with E-state index in [1.807, 2.05) is 36.4 Å². The summed E-state index contributed by atoms with van der Waals surface area (Å²) in [7, 11) is 0. The molecule has 3 aromatic heterocycles. The molecule has 5 nitrogen and oxygen atoms in total. The van der Waals surface area contributed by atoms with Crippen LogP contribution in [0, 0.1) is 0 Å². The zero-order valence-corrected chi connectivity index (χ0v) is 30.8. The number of para-hydroxylation sites is 4. The van der Waals surface area contributed by atoms with Gasteiger partial charge in [0.05, 0.1) is 33.7 Å². The monoisotopic (exact) mass is 730 g/mol. The molecule has 0 fully saturated rings. The highest BCUT2D eigenvalue weighted by atomic mass is 16.5. The number of hydrogen-bond acceptors (Lipinski definition) is 3. The maximum Gasteiger partial charge on any atom is 0.168 e. The molecule has 0 saturated carbocycles. The van der Waals surface area contributed by atoms with Crippen molar-refractivity contribution in [3.8, 4) is 39.8 Å². The number of rotatable bonds is 5. The van der Waals surface area contributed by atoms with Gasteiger partial charge in [-0.15, -0.1) is 0 Å². The van der Waals surface area contributed by atoms with Crippen LogP contribution in [0.4, 0.5) is 0 Å². The second kappa shape index (κ2) is 12.5. The van der Waals surface area contributed by atoms with E-state index in [9.17, 15) is 0 Å². The average molecular weight is 731 g/mol. The molecule has 0 bridgehead atoms. The average Bonchev–Trinajstić information content (AvgIpc) is 3.94. The van der Waals surface area contributed by atoms with Gasteiger partial charge in [-0.1, -0.05) is 146 Å². The van der Waals surface area contributed by atoms with Gasteiger partial charge < -0.3 is 13.9 Å². The van der Waals surface area contributed by atoms with E-state index in [2.05, 4.69) is 167 Å². The van der Waals surface area contributed by atoms with Crippen LogP contribution in [-0.4, -0.2) is 25.2 Å². The molecule has 5 heteroatoms. The Balaban J connectivity index is 1.10. The van der Waals surface area contributed by atoms with Crippen LogP contribution in [-0.2, 0) is 0 Å². The molecule has 10 aromatic rings. The third-order valence-corrected chi connectivity index (χ3v) is 11.6. The fraction of sp³-hybridized carbons (Fsp3) is 0.0385. The van der Waals surface area contributed by atoms with Crippen LogP contribution >= 0.6 is 0 Å². The van der Waals surface area contributed by atoms with Crippen LogP contribution in [0.25, 0.3) is 83.2 Å². The highest BCUT2D eigenvalue weighted by Gasteiger charge is 2.38. The van der Waals surface area contributed by atoms with E-state index in [4.69, 9.17) is 14.7 Å². The summed E-state index contributed by atoms with van der Waals surface area (Å²) >= 11 is 0. The van der Waals surface area contributed by atoms with E-state index in [0.717, 1.165) is 50.8 Å². The first-order chi connectivity index (χ1) is 28.3. The van der Waals surface area contributed by atoms with Crippen molar-refractivity contribution in [3.05, 3.63) is 205 Å². The van der Waals surface area contributed by atoms with E-state index in [0.29, 0.717) is 5.82 Å². The quantitative estimate of drug-likeness (QED) is 0.177. The molecule has 57 heavy (non-hydrogen) atoms. The van der Waals surface area contributed by atoms with Gasteiger partial charge in [-0.25, -0.2) is 9.97 Å². The van der Waals surface area contributed by atoms with Crippen molar-refractivity contribution in [2.45, 2.75) is 12.0 Å². The largest absolute Gasteiger partial charge is 0.481 e. The first-order valence-electron chi connectivity index (χ1n) is 19.5. The summed E-state index contributed by atoms with van der Waals surface area (Å²) in [6.07, 6.45) is 6.59. The Morgan fingerprint density at radius 1 is 0.456 bits per heavy atom. The molecule has 0 amide bonds. The molecule has 4 heterocycles. The molecular weight excluding hydrogens is 697 g/mol. The fourth-order valence-corrected chi connectivity index (χ4v) is 9.08. The van der Waals surface area contributed by atoms with Crippen molar-refractivity contribution < 1.29 is 4.74 Å². The summed E-state index contributed by atoms with van der Waals surface area (Å²) in [5, 5.41) is 4.94. The lowest BCUT2D eigenvalue weighted by atomic mass is 9.88. The molecule has 7 aromatic carbocycles. The molecule has 0 spiro atoms. The molecule has 2 unspecified atom stereocenters. The second-order valence-electron chi connectivity index (χ2n) is 14.9. The van der Waals surface area contributed by atoms with Crippen molar-refractivity contribution in [1.82, 2.24) is 19.1 Å². The number of fused-ring (bicyclic) bond motifs is 9. The maximum absolute atomic E-state index is 6.76. The Morgan fingerprint density at radius 3 is 1.46 bits per heavy atom. The van der Waals surface area contributed by atoms with E-state index >= 15 is 0 Å². The van der Waals surface area contributed by atoms with Gasteiger partial charge in [0.25, 0.3) is 0 Å². The minimum absolute atomic E-state index is 0.0958. The van der Waals surface area contributed by atoms with E-state index in [-0.39, 0.29) is 12.0 Å². The lowest BCUT2D eigenvalue weighted by Gasteiger charge is -2.20. The smallest absolute Gasteiger partial charge is 0.168 e. The number of allylic oxidation sites excluding steroid dienone is 2. The highest BCUT2D eigenvalue weighted by molar-refractivity contribution is 6.10. The molecule has 12 rings (SSSR count). The van der Waals surface area contributed by atoms with Crippen molar-refractivity contribution in [1.29, 1.82) is 0 Å². The Kier molecular flexibility index (Phi) is 6.99. The van der Waals surface area contributed by atoms with Crippen LogP contribution in [0.5, 0.6) is 5.75 Å². The fourth-order valence-electron chi connectivity index (χ4n) is 9.08. The zero-order chi connectivity index (χ0) is 37.5. The van der Waals surface area contributed by atoms with Crippen molar-refractivity contribution in [2.24, 2.45) is 0 Å². The van der Waals surface area contributed by atoms with Gasteiger partial charge in [-0.05, 0) is 59.7 Å². The third kappa shape index (κ3) is 4.95. The van der Waals surface area contributed by atoms with Gasteiger partial charge in [0.1, 0.15) is 11.8 Å². The molecule has 2 aliphatic rings. The predicted molar refractivity (Wildman–Crippen MR) is 232 cm³/mol. The summed E-state index contributed by atoms with van der Waals surface area (Å²) in [6, 6.07) is 62.5. The van der Waals surface area contributed by atoms with Crippen LogP contribution in [0.2, 0.25) is 0 Å². The number of nitrogens with zero attached hydrogens (tertiary/aromatic N) is 4. The lowest BCUT2D eigenvalue weighted by molar-refractivity contribution is 0.269. The molecule has 1 aliphatic heterocycles. The molecular formula is C52H34N4O. The molecule has 0 radical (unpaired) electrons. The Bertz CT molecular complexity index is 3040. The van der Waals surface area contributed by atoms with Crippen molar-refractivity contribution in [3.63, 3.8) is 0 Å². The normalized spacial score (nSPS) is 15.9. The van der Waals surface area contributed by atoms with Gasteiger partial charge in [0.15, 0.2) is 11.6 Å². The summed E-state index contributed by atoms with van der Waals surface area (Å²) in [4.78, 5) is 10.4. The van der Waals surface area contributed by atoms with Gasteiger partial charge >= 0.3 is 0 Å². The summed E-state index contributed by atoms with van der Waals surface area (Å²) in [5.41, 5.74) is 12.9. The van der Waals surface area contributed by atoms with E-state index in [1.54, 1.807) is 0 Å². The SMILES string of the molecule is C1=CC2Oc3c(-c4ccccc4)nc(-c4ccccc4)nc3C2C=C1c1cc(-n2c3ccccc3c3ccccc32)cc(-n2c3ccccc3c3ccccc32)c1. The Labute approximate surface area is 329 Å². The van der Waals surface area contributed by atoms with Crippen molar-refractivity contribution in [2.75, 3.05) is 0 Å². The Hall–Kier alpha value is -7.50. The minimum atomic E-state index is -0.191. The minimum Gasteiger partial charge on any atom is -0.481 e. The van der Waals surface area contributed by atoms with Gasteiger partial charge in [0.2, 0.25) is 0 Å². The topological polar surface area (TPSA) is 44.9 Å². The molecule has 0 N–H and O–H groups in total. The lowest BCUT2D eigenvalue weighted by Crippen LogP contribution is -2.17. The maximum atomic E-state index is 6.76. The standard InChI is InChI=1S/C52H34N4O/c1-3-15-33(16-4-1)49-51-50(54-52(53-49)34-17-5-2-6-18-34)43-31-35(27-28-48(43)57-51)36-29-37(55-44-23-11-7-19-39(44)40-20-8-12-24-45(40)55)32-38(30-36)56-46-25-13-9-21-41(46)42-22-10-14-26-47(42)56/h1-32,43,48H. The van der Waals surface area contributed by atoms with E-state index < -0.39 is 0 Å². The van der Waals surface area contributed by atoms with Crippen LogP contribution < -0.4 is 4.74 Å². The first kappa shape index (κ1) is 31.8.